The Morgan fingerprint density at radius 2 is 2.16 bits per heavy atom. The maximum absolute atomic E-state index is 10.3. The Morgan fingerprint density at radius 1 is 1.37 bits per heavy atom. The first-order chi connectivity index (χ1) is 9.24. The summed E-state index contributed by atoms with van der Waals surface area (Å²) < 4.78 is 15.8. The quantitative estimate of drug-likeness (QED) is 0.837. The summed E-state index contributed by atoms with van der Waals surface area (Å²) in [6.07, 6.45) is 0.0779. The van der Waals surface area contributed by atoms with Gasteiger partial charge in [0.25, 0.3) is 0 Å². The van der Waals surface area contributed by atoms with Crippen molar-refractivity contribution >= 4 is 0 Å². The Hall–Kier alpha value is -1.30. The van der Waals surface area contributed by atoms with Crippen LogP contribution in [-0.2, 0) is 4.74 Å². The molecule has 2 rings (SSSR count). The van der Waals surface area contributed by atoms with Gasteiger partial charge in [-0.25, -0.2) is 0 Å². The molecule has 0 aliphatic carbocycles. The van der Waals surface area contributed by atoms with Gasteiger partial charge in [0.15, 0.2) is 11.5 Å². The zero-order valence-corrected chi connectivity index (χ0v) is 11.4. The number of nitrogens with one attached hydrogen (secondary N) is 1. The number of aliphatic hydroxyl groups excluding tert-OH is 1. The first-order valence-electron chi connectivity index (χ1n) is 6.45. The number of morpholine rings is 1. The fourth-order valence-corrected chi connectivity index (χ4v) is 2.24. The lowest BCUT2D eigenvalue weighted by Gasteiger charge is -2.26. The lowest BCUT2D eigenvalue weighted by molar-refractivity contribution is 0.0518. The van der Waals surface area contributed by atoms with E-state index in [2.05, 4.69) is 5.32 Å². The second-order valence-corrected chi connectivity index (χ2v) is 4.59. The standard InChI is InChI=1S/C14H21NO4/c1-17-13-4-3-10(7-14(13)18-2)12(16)8-11-9-19-6-5-15-11/h3-4,7,11-12,15-16H,5-6,8-9H2,1-2H3. The van der Waals surface area contributed by atoms with Gasteiger partial charge in [-0.3, -0.25) is 0 Å². The van der Waals surface area contributed by atoms with Crippen LogP contribution in [0, 0.1) is 0 Å². The van der Waals surface area contributed by atoms with Gasteiger partial charge in [-0.05, 0) is 24.1 Å². The predicted octanol–water partition coefficient (Wildman–Crippen LogP) is 1.12. The molecular formula is C14H21NO4. The fourth-order valence-electron chi connectivity index (χ4n) is 2.24. The maximum atomic E-state index is 10.3. The summed E-state index contributed by atoms with van der Waals surface area (Å²) in [6.45, 7) is 2.22. The van der Waals surface area contributed by atoms with E-state index in [1.165, 1.54) is 0 Å². The SMILES string of the molecule is COc1ccc(C(O)CC2COCCN2)cc1OC. The number of methoxy groups -OCH3 is 2. The highest BCUT2D eigenvalue weighted by Gasteiger charge is 2.19. The van der Waals surface area contributed by atoms with E-state index < -0.39 is 6.10 Å². The topological polar surface area (TPSA) is 60.0 Å². The Bertz CT molecular complexity index is 404. The van der Waals surface area contributed by atoms with Gasteiger partial charge in [-0.2, -0.15) is 0 Å². The lowest BCUT2D eigenvalue weighted by Crippen LogP contribution is -2.42. The molecule has 2 N–H and O–H groups in total. The molecule has 1 aliphatic heterocycles. The summed E-state index contributed by atoms with van der Waals surface area (Å²) in [5.74, 6) is 1.30. The van der Waals surface area contributed by atoms with Gasteiger partial charge in [-0.15, -0.1) is 0 Å². The molecule has 0 bridgehead atoms. The third-order valence-electron chi connectivity index (χ3n) is 3.30. The summed E-state index contributed by atoms with van der Waals surface area (Å²) in [5, 5.41) is 13.6. The van der Waals surface area contributed by atoms with E-state index in [0.717, 1.165) is 18.7 Å². The number of hydrogen-bond acceptors (Lipinski definition) is 5. The summed E-state index contributed by atoms with van der Waals surface area (Å²) in [4.78, 5) is 0. The molecule has 1 aliphatic rings. The van der Waals surface area contributed by atoms with Crippen LogP contribution in [0.3, 0.4) is 0 Å². The van der Waals surface area contributed by atoms with Crippen molar-refractivity contribution in [1.82, 2.24) is 5.32 Å². The van der Waals surface area contributed by atoms with Crippen LogP contribution in [0.4, 0.5) is 0 Å². The second kappa shape index (κ2) is 6.75. The first-order valence-corrected chi connectivity index (χ1v) is 6.45. The number of rotatable bonds is 5. The maximum Gasteiger partial charge on any atom is 0.161 e. The Balaban J connectivity index is 2.03. The summed E-state index contributed by atoms with van der Waals surface area (Å²) in [5.41, 5.74) is 0.824. The van der Waals surface area contributed by atoms with Gasteiger partial charge in [0.1, 0.15) is 0 Å². The van der Waals surface area contributed by atoms with Crippen molar-refractivity contribution in [3.8, 4) is 11.5 Å². The fraction of sp³-hybridized carbons (Fsp3) is 0.571. The zero-order valence-electron chi connectivity index (χ0n) is 11.4. The van der Waals surface area contributed by atoms with E-state index >= 15 is 0 Å². The van der Waals surface area contributed by atoms with Gasteiger partial charge >= 0.3 is 0 Å². The Morgan fingerprint density at radius 3 is 2.79 bits per heavy atom. The summed E-state index contributed by atoms with van der Waals surface area (Å²) in [7, 11) is 3.18. The van der Waals surface area contributed by atoms with E-state index in [1.807, 2.05) is 18.2 Å². The van der Waals surface area contributed by atoms with Gasteiger partial charge < -0.3 is 24.6 Å². The molecule has 0 aromatic heterocycles. The average molecular weight is 267 g/mol. The van der Waals surface area contributed by atoms with Gasteiger partial charge in [0.2, 0.25) is 0 Å². The molecule has 1 fully saturated rings. The molecule has 1 aromatic carbocycles. The molecule has 1 saturated heterocycles. The van der Waals surface area contributed by atoms with Gasteiger partial charge in [-0.1, -0.05) is 6.07 Å². The third kappa shape index (κ3) is 3.59. The minimum absolute atomic E-state index is 0.192. The molecule has 106 valence electrons. The number of hydrogen-bond donors (Lipinski definition) is 2. The van der Waals surface area contributed by atoms with Crippen LogP contribution in [0.1, 0.15) is 18.1 Å². The largest absolute Gasteiger partial charge is 0.493 e. The number of ether oxygens (including phenoxy) is 3. The minimum Gasteiger partial charge on any atom is -0.493 e. The lowest BCUT2D eigenvalue weighted by atomic mass is 10.0. The minimum atomic E-state index is -0.543. The first kappa shape index (κ1) is 14.1. The van der Waals surface area contributed by atoms with Crippen LogP contribution in [0.2, 0.25) is 0 Å². The number of benzene rings is 1. The van der Waals surface area contributed by atoms with E-state index in [-0.39, 0.29) is 6.04 Å². The summed E-state index contributed by atoms with van der Waals surface area (Å²) >= 11 is 0. The molecule has 5 heteroatoms. The van der Waals surface area contributed by atoms with Crippen molar-refractivity contribution in [2.75, 3.05) is 34.0 Å². The molecular weight excluding hydrogens is 246 g/mol. The van der Waals surface area contributed by atoms with Crippen LogP contribution < -0.4 is 14.8 Å². The van der Waals surface area contributed by atoms with Gasteiger partial charge in [0.05, 0.1) is 33.5 Å². The molecule has 0 saturated carbocycles. The van der Waals surface area contributed by atoms with Crippen molar-refractivity contribution in [3.05, 3.63) is 23.8 Å². The molecule has 0 radical (unpaired) electrons. The molecule has 2 unspecified atom stereocenters. The average Bonchev–Trinajstić information content (AvgIpc) is 2.47. The van der Waals surface area contributed by atoms with Crippen molar-refractivity contribution in [1.29, 1.82) is 0 Å². The molecule has 1 aromatic rings. The van der Waals surface area contributed by atoms with E-state index in [0.29, 0.717) is 24.5 Å². The van der Waals surface area contributed by atoms with Crippen molar-refractivity contribution in [2.24, 2.45) is 0 Å². The highest BCUT2D eigenvalue weighted by molar-refractivity contribution is 5.43. The van der Waals surface area contributed by atoms with Crippen LogP contribution in [0.5, 0.6) is 11.5 Å². The Labute approximate surface area is 113 Å². The second-order valence-electron chi connectivity index (χ2n) is 4.59. The molecule has 5 nitrogen and oxygen atoms in total. The highest BCUT2D eigenvalue weighted by Crippen LogP contribution is 2.31. The van der Waals surface area contributed by atoms with Crippen LogP contribution >= 0.6 is 0 Å². The van der Waals surface area contributed by atoms with Gasteiger partial charge in [0, 0.05) is 12.6 Å². The van der Waals surface area contributed by atoms with Crippen molar-refractivity contribution in [3.63, 3.8) is 0 Å². The van der Waals surface area contributed by atoms with E-state index in [4.69, 9.17) is 14.2 Å². The predicted molar refractivity (Wildman–Crippen MR) is 71.7 cm³/mol. The molecule has 19 heavy (non-hydrogen) atoms. The van der Waals surface area contributed by atoms with Crippen LogP contribution in [0.15, 0.2) is 18.2 Å². The molecule has 1 heterocycles. The van der Waals surface area contributed by atoms with Crippen molar-refractivity contribution in [2.45, 2.75) is 18.6 Å². The third-order valence-corrected chi connectivity index (χ3v) is 3.30. The Kier molecular flexibility index (Phi) is 5.01. The summed E-state index contributed by atoms with van der Waals surface area (Å²) in [6, 6.07) is 5.67. The van der Waals surface area contributed by atoms with Crippen LogP contribution in [-0.4, -0.2) is 45.1 Å². The molecule has 0 spiro atoms. The van der Waals surface area contributed by atoms with Crippen LogP contribution in [0.25, 0.3) is 0 Å². The molecule has 2 atom stereocenters. The normalized spacial score (nSPS) is 20.9. The van der Waals surface area contributed by atoms with Crippen molar-refractivity contribution < 1.29 is 19.3 Å². The zero-order chi connectivity index (χ0) is 13.7. The smallest absolute Gasteiger partial charge is 0.161 e. The number of aliphatic hydroxyl groups is 1. The van der Waals surface area contributed by atoms with E-state index in [9.17, 15) is 5.11 Å². The molecule has 0 amide bonds. The van der Waals surface area contributed by atoms with E-state index in [1.54, 1.807) is 14.2 Å². The highest BCUT2D eigenvalue weighted by atomic mass is 16.5. The monoisotopic (exact) mass is 267 g/mol.